The number of halogens is 1. The first kappa shape index (κ1) is 32.0. The molecule has 3 aromatic carbocycles. The zero-order chi connectivity index (χ0) is 30.2. The first-order valence-corrected chi connectivity index (χ1v) is 15.4. The number of nitrogens with zero attached hydrogens (tertiary/aromatic N) is 2. The summed E-state index contributed by atoms with van der Waals surface area (Å²) in [6.07, 6.45) is 1.04. The minimum atomic E-state index is -4.21. The Bertz CT molecular complexity index is 1450. The standard InChI is InChI=1S/C31H38ClN3O5S/c1-6-23(4)33-31(37)27(7-2)34(20-24-13-11-12-16-26(24)32)30(36)21-35(28-19-22(3)17-18-29(28)40-5)41(38,39)25-14-9-8-10-15-25/h8-19,23,27H,6-7,20-21H2,1-5H3,(H,33,37)/t23-,27-/m0/s1. The number of carbonyl (C=O) groups is 2. The molecule has 3 aromatic rings. The average Bonchev–Trinajstić information content (AvgIpc) is 2.96. The minimum Gasteiger partial charge on any atom is -0.495 e. The van der Waals surface area contributed by atoms with Crippen LogP contribution in [0.2, 0.25) is 5.02 Å². The van der Waals surface area contributed by atoms with E-state index in [0.717, 1.165) is 16.3 Å². The second-order valence-corrected chi connectivity index (χ2v) is 12.1. The van der Waals surface area contributed by atoms with Crippen molar-refractivity contribution in [3.8, 4) is 5.75 Å². The smallest absolute Gasteiger partial charge is 0.264 e. The lowest BCUT2D eigenvalue weighted by atomic mass is 10.1. The molecule has 2 atom stereocenters. The van der Waals surface area contributed by atoms with Gasteiger partial charge in [-0.1, -0.05) is 67.9 Å². The minimum absolute atomic E-state index is 0.0229. The highest BCUT2D eigenvalue weighted by Crippen LogP contribution is 2.34. The van der Waals surface area contributed by atoms with Gasteiger partial charge in [0.05, 0.1) is 17.7 Å². The molecule has 2 amide bonds. The number of hydrogen-bond donors (Lipinski definition) is 1. The van der Waals surface area contributed by atoms with Gasteiger partial charge in [-0.3, -0.25) is 13.9 Å². The Balaban J connectivity index is 2.13. The molecule has 220 valence electrons. The maximum atomic E-state index is 14.2. The Hall–Kier alpha value is -3.56. The van der Waals surface area contributed by atoms with E-state index in [2.05, 4.69) is 5.32 Å². The van der Waals surface area contributed by atoms with Crippen molar-refractivity contribution >= 4 is 39.1 Å². The van der Waals surface area contributed by atoms with Crippen LogP contribution in [0.25, 0.3) is 0 Å². The third kappa shape index (κ3) is 7.80. The second kappa shape index (κ2) is 14.4. The lowest BCUT2D eigenvalue weighted by Crippen LogP contribution is -2.53. The molecule has 0 fully saturated rings. The van der Waals surface area contributed by atoms with E-state index >= 15 is 0 Å². The zero-order valence-electron chi connectivity index (χ0n) is 24.1. The Labute approximate surface area is 248 Å². The van der Waals surface area contributed by atoms with Crippen LogP contribution in [-0.2, 0) is 26.2 Å². The molecule has 3 rings (SSSR count). The van der Waals surface area contributed by atoms with Crippen LogP contribution in [0.1, 0.15) is 44.7 Å². The van der Waals surface area contributed by atoms with Gasteiger partial charge in [0, 0.05) is 17.6 Å². The summed E-state index contributed by atoms with van der Waals surface area (Å²) in [5.41, 5.74) is 1.65. The summed E-state index contributed by atoms with van der Waals surface area (Å²) >= 11 is 6.46. The topological polar surface area (TPSA) is 96.0 Å². The Morgan fingerprint density at radius 3 is 2.24 bits per heavy atom. The van der Waals surface area contributed by atoms with Crippen LogP contribution in [0.5, 0.6) is 5.75 Å². The number of amides is 2. The summed E-state index contributed by atoms with van der Waals surface area (Å²) < 4.78 is 34.6. The van der Waals surface area contributed by atoms with Gasteiger partial charge >= 0.3 is 0 Å². The summed E-state index contributed by atoms with van der Waals surface area (Å²) in [5.74, 6) is -0.575. The quantitative estimate of drug-likeness (QED) is 0.277. The third-order valence-corrected chi connectivity index (χ3v) is 9.04. The number of sulfonamides is 1. The molecule has 0 unspecified atom stereocenters. The van der Waals surface area contributed by atoms with E-state index in [4.69, 9.17) is 16.3 Å². The number of carbonyl (C=O) groups excluding carboxylic acids is 2. The van der Waals surface area contributed by atoms with Crippen LogP contribution in [0.4, 0.5) is 5.69 Å². The Kier molecular flexibility index (Phi) is 11.2. The molecule has 0 aliphatic carbocycles. The molecule has 8 nitrogen and oxygen atoms in total. The van der Waals surface area contributed by atoms with Crippen molar-refractivity contribution in [3.63, 3.8) is 0 Å². The first-order valence-electron chi connectivity index (χ1n) is 13.6. The monoisotopic (exact) mass is 599 g/mol. The van der Waals surface area contributed by atoms with Gasteiger partial charge in [-0.15, -0.1) is 0 Å². The Morgan fingerprint density at radius 2 is 1.63 bits per heavy atom. The van der Waals surface area contributed by atoms with Gasteiger partial charge in [-0.2, -0.15) is 0 Å². The van der Waals surface area contributed by atoms with Crippen molar-refractivity contribution in [2.24, 2.45) is 0 Å². The number of rotatable bonds is 13. The highest BCUT2D eigenvalue weighted by atomic mass is 35.5. The molecule has 0 saturated heterocycles. The van der Waals surface area contributed by atoms with Crippen molar-refractivity contribution < 1.29 is 22.7 Å². The molecular weight excluding hydrogens is 562 g/mol. The number of anilines is 1. The van der Waals surface area contributed by atoms with Crippen LogP contribution < -0.4 is 14.4 Å². The maximum absolute atomic E-state index is 14.2. The fraction of sp³-hybridized carbons (Fsp3) is 0.355. The molecule has 41 heavy (non-hydrogen) atoms. The fourth-order valence-corrected chi connectivity index (χ4v) is 6.03. The average molecular weight is 600 g/mol. The molecule has 0 spiro atoms. The van der Waals surface area contributed by atoms with E-state index in [1.54, 1.807) is 60.7 Å². The number of benzene rings is 3. The van der Waals surface area contributed by atoms with Crippen molar-refractivity contribution in [2.75, 3.05) is 18.0 Å². The molecule has 0 radical (unpaired) electrons. The predicted octanol–water partition coefficient (Wildman–Crippen LogP) is 5.57. The summed E-state index contributed by atoms with van der Waals surface area (Å²) in [4.78, 5) is 29.1. The SMILES string of the molecule is CC[C@H](C)NC(=O)[C@H](CC)N(Cc1ccccc1Cl)C(=O)CN(c1cc(C)ccc1OC)S(=O)(=O)c1ccccc1. The van der Waals surface area contributed by atoms with E-state index in [-0.39, 0.29) is 29.1 Å². The van der Waals surface area contributed by atoms with Crippen LogP contribution in [-0.4, -0.2) is 50.9 Å². The third-order valence-electron chi connectivity index (χ3n) is 6.90. The van der Waals surface area contributed by atoms with Gasteiger partial charge in [-0.25, -0.2) is 8.42 Å². The molecule has 0 aliphatic rings. The van der Waals surface area contributed by atoms with Gasteiger partial charge in [0.1, 0.15) is 18.3 Å². The van der Waals surface area contributed by atoms with Crippen molar-refractivity contribution in [2.45, 2.75) is 64.1 Å². The highest BCUT2D eigenvalue weighted by molar-refractivity contribution is 7.92. The molecule has 10 heteroatoms. The highest BCUT2D eigenvalue weighted by Gasteiger charge is 2.35. The van der Waals surface area contributed by atoms with Crippen LogP contribution in [0.15, 0.2) is 77.7 Å². The number of ether oxygens (including phenoxy) is 1. The summed E-state index contributed by atoms with van der Waals surface area (Å²) in [6, 6.07) is 19.2. The molecule has 0 aliphatic heterocycles. The van der Waals surface area contributed by atoms with E-state index < -0.39 is 28.5 Å². The number of aryl methyl sites for hydroxylation is 1. The summed E-state index contributed by atoms with van der Waals surface area (Å²) in [6.45, 7) is 6.96. The molecule has 0 aromatic heterocycles. The van der Waals surface area contributed by atoms with Crippen molar-refractivity contribution in [1.82, 2.24) is 10.2 Å². The molecule has 0 heterocycles. The van der Waals surface area contributed by atoms with Crippen molar-refractivity contribution in [1.29, 1.82) is 0 Å². The first-order chi connectivity index (χ1) is 19.5. The van der Waals surface area contributed by atoms with Gasteiger partial charge in [-0.05, 0) is 68.1 Å². The largest absolute Gasteiger partial charge is 0.495 e. The predicted molar refractivity (Wildman–Crippen MR) is 163 cm³/mol. The normalized spacial score (nSPS) is 12.7. The summed E-state index contributed by atoms with van der Waals surface area (Å²) in [5, 5.41) is 3.41. The van der Waals surface area contributed by atoms with Crippen LogP contribution in [0, 0.1) is 6.92 Å². The number of methoxy groups -OCH3 is 1. The maximum Gasteiger partial charge on any atom is 0.264 e. The number of hydrogen-bond acceptors (Lipinski definition) is 5. The Morgan fingerprint density at radius 1 is 0.976 bits per heavy atom. The van der Waals surface area contributed by atoms with E-state index in [9.17, 15) is 18.0 Å². The fourth-order valence-electron chi connectivity index (χ4n) is 4.40. The van der Waals surface area contributed by atoms with E-state index in [0.29, 0.717) is 22.8 Å². The summed E-state index contributed by atoms with van der Waals surface area (Å²) in [7, 11) is -2.77. The number of nitrogens with one attached hydrogen (secondary N) is 1. The van der Waals surface area contributed by atoms with E-state index in [1.165, 1.54) is 24.1 Å². The lowest BCUT2D eigenvalue weighted by molar-refractivity contribution is -0.140. The van der Waals surface area contributed by atoms with Crippen LogP contribution >= 0.6 is 11.6 Å². The van der Waals surface area contributed by atoms with Crippen molar-refractivity contribution in [3.05, 3.63) is 88.9 Å². The van der Waals surface area contributed by atoms with Gasteiger partial charge in [0.2, 0.25) is 11.8 Å². The van der Waals surface area contributed by atoms with Crippen LogP contribution in [0.3, 0.4) is 0 Å². The second-order valence-electron chi connectivity index (χ2n) is 9.86. The zero-order valence-corrected chi connectivity index (χ0v) is 25.7. The van der Waals surface area contributed by atoms with Gasteiger partial charge < -0.3 is 15.0 Å². The molecule has 0 saturated carbocycles. The molecule has 1 N–H and O–H groups in total. The lowest BCUT2D eigenvalue weighted by Gasteiger charge is -2.34. The molecular formula is C31H38ClN3O5S. The van der Waals surface area contributed by atoms with Gasteiger partial charge in [0.25, 0.3) is 10.0 Å². The van der Waals surface area contributed by atoms with Gasteiger partial charge in [0.15, 0.2) is 0 Å². The van der Waals surface area contributed by atoms with E-state index in [1.807, 2.05) is 27.7 Å². The molecule has 0 bridgehead atoms.